The third kappa shape index (κ3) is 52.4. The third-order valence-electron chi connectivity index (χ3n) is 14.5. The number of hydrogen-bond donors (Lipinski definition) is 3. The number of nitrogen functional groups attached to an aromatic ring is 2. The van der Waals surface area contributed by atoms with Gasteiger partial charge in [0.25, 0.3) is 5.69 Å². The van der Waals surface area contributed by atoms with Crippen LogP contribution in [0.2, 0.25) is 0 Å². The fraction of sp³-hybridized carbons (Fsp3) is 0.446. The van der Waals surface area contributed by atoms with Crippen molar-refractivity contribution in [3.8, 4) is 47.9 Å². The lowest BCUT2D eigenvalue weighted by Gasteiger charge is -2.15. The van der Waals surface area contributed by atoms with Gasteiger partial charge >= 0.3 is 79.6 Å². The molecular weight excluding hydrogens is 1960 g/mol. The highest BCUT2D eigenvalue weighted by molar-refractivity contribution is 14.1. The Morgan fingerprint density at radius 3 is 0.969 bits per heavy atom. The van der Waals surface area contributed by atoms with Crippen molar-refractivity contribution in [3.63, 3.8) is 0 Å². The summed E-state index contributed by atoms with van der Waals surface area (Å²) in [6.07, 6.45) is -26.6. The van der Waals surface area contributed by atoms with Crippen LogP contribution in [0.25, 0.3) is 0 Å². The summed E-state index contributed by atoms with van der Waals surface area (Å²) < 4.78 is 346. The van der Waals surface area contributed by atoms with Gasteiger partial charge in [-0.25, -0.2) is 4.79 Å². The summed E-state index contributed by atoms with van der Waals surface area (Å²) in [6, 6.07) is 20.0. The summed E-state index contributed by atoms with van der Waals surface area (Å²) in [5, 5.41) is 19.2. The van der Waals surface area contributed by atoms with E-state index in [0.717, 1.165) is 53.6 Å². The van der Waals surface area contributed by atoms with E-state index in [0.29, 0.717) is 49.1 Å². The number of nitro groups is 1. The van der Waals surface area contributed by atoms with Crippen LogP contribution in [-0.4, -0.2) is 106 Å². The van der Waals surface area contributed by atoms with Gasteiger partial charge in [0.05, 0.1) is 116 Å². The van der Waals surface area contributed by atoms with Crippen molar-refractivity contribution in [1.29, 1.82) is 0 Å². The summed E-state index contributed by atoms with van der Waals surface area (Å²) in [5.41, 5.74) is 6.20. The molecule has 46 heteroatoms. The SMILES string of the molecule is C.C.C#CCCP(=O)(OCC)OCC.CCOP(=O)(CCC#Cc1cc(C(=O)O)ccc1C(F)(F)F)OCC.CCOP(=O)(CCC#Cc1cc(C)ccc1C(F)(F)F)OCC.CCOP(=O)(CCC#Cc1cc(N)ccc1C(F)(F)F)OCC.Cc1ccc(C(F)(F)F)c(I)c1.Cc1ccc(C(F)(F)F)c(N)c1.Cc1ccc(C(F)(F)F)c([N+](=O)[O-])c1.O=CC(F)(F)F. The molecule has 0 aliphatic rings. The largest absolute Gasteiger partial charge is 0.478 e. The van der Waals surface area contributed by atoms with Crippen LogP contribution >= 0.6 is 53.0 Å². The van der Waals surface area contributed by atoms with Gasteiger partial charge in [0.1, 0.15) is 5.56 Å². The highest BCUT2D eigenvalue weighted by Crippen LogP contribution is 2.51. The number of nitrogens with zero attached hydrogens (tertiary/aromatic N) is 1. The first-order chi connectivity index (χ1) is 58.4. The van der Waals surface area contributed by atoms with Crippen molar-refractivity contribution in [2.24, 2.45) is 0 Å². The Labute approximate surface area is 749 Å². The average molecular weight is 2060 g/mol. The van der Waals surface area contributed by atoms with Crippen LogP contribution < -0.4 is 11.5 Å². The molecular formula is C83H101F21IN3O17P4. The third-order valence-corrected chi connectivity index (χ3v) is 23.7. The molecule has 724 valence electrons. The van der Waals surface area contributed by atoms with E-state index in [1.54, 1.807) is 98.8 Å². The van der Waals surface area contributed by atoms with E-state index >= 15 is 0 Å². The Hall–Kier alpha value is -8.44. The number of aldehydes is 1. The molecule has 0 bridgehead atoms. The number of aromatic carboxylic acids is 1. The molecule has 6 rings (SSSR count). The van der Waals surface area contributed by atoms with Crippen LogP contribution in [0, 0.1) is 89.2 Å². The molecule has 6 aromatic rings. The number of hydrogen-bond acceptors (Lipinski definition) is 18. The number of carbonyl (C=O) groups excluding carboxylic acids is 1. The maximum Gasteiger partial charge on any atom is 0.446 e. The molecule has 0 atom stereocenters. The lowest BCUT2D eigenvalue weighted by molar-refractivity contribution is -0.388. The van der Waals surface area contributed by atoms with Gasteiger partial charge < -0.3 is 52.8 Å². The second-order valence-electron chi connectivity index (χ2n) is 24.7. The number of carboxylic acid groups (broad SMARTS) is 1. The highest BCUT2D eigenvalue weighted by Gasteiger charge is 2.40. The topological polar surface area (TPSA) is 292 Å². The van der Waals surface area contributed by atoms with Crippen molar-refractivity contribution < 1.29 is 166 Å². The molecule has 20 nitrogen and oxygen atoms in total. The van der Waals surface area contributed by atoms with Gasteiger partial charge in [0, 0.05) is 63.4 Å². The Bertz CT molecular complexity index is 4710. The zero-order valence-corrected chi connectivity index (χ0v) is 75.8. The number of carbonyl (C=O) groups is 2. The number of nitrogens with two attached hydrogens (primary N) is 2. The molecule has 0 saturated carbocycles. The first kappa shape index (κ1) is 127. The summed E-state index contributed by atoms with van der Waals surface area (Å²) in [7, 11) is -12.7. The molecule has 0 fully saturated rings. The Morgan fingerprint density at radius 2 is 0.682 bits per heavy atom. The summed E-state index contributed by atoms with van der Waals surface area (Å²) >= 11 is 1.69. The van der Waals surface area contributed by atoms with Crippen molar-refractivity contribution in [2.75, 3.05) is 89.0 Å². The van der Waals surface area contributed by atoms with Crippen LogP contribution in [0.5, 0.6) is 0 Å². The number of terminal acetylenes is 1. The Morgan fingerprint density at radius 1 is 0.419 bits per heavy atom. The van der Waals surface area contributed by atoms with E-state index in [9.17, 15) is 125 Å². The predicted molar refractivity (Wildman–Crippen MR) is 459 cm³/mol. The number of halogens is 22. The van der Waals surface area contributed by atoms with Gasteiger partial charge in [-0.15, -0.1) is 12.3 Å². The fourth-order valence-corrected chi connectivity index (χ4v) is 16.3. The molecule has 0 radical (unpaired) electrons. The van der Waals surface area contributed by atoms with Crippen LogP contribution in [0.1, 0.15) is 179 Å². The predicted octanol–water partition coefficient (Wildman–Crippen LogP) is 27.2. The lowest BCUT2D eigenvalue weighted by atomic mass is 10.0. The first-order valence-corrected chi connectivity index (χ1v) is 45.1. The van der Waals surface area contributed by atoms with Crippen molar-refractivity contribution >= 4 is 82.3 Å². The van der Waals surface area contributed by atoms with E-state index in [-0.39, 0.29) is 124 Å². The standard InChI is InChI=1S/C16H18F3O5P.C16H20F3O3P.C15H19F3NO3P.C8H6F3I.C8H6F3NO2.C8H8F3N.C8H15O3P.C2HF3O.2CH4/c1-3-23-25(22,24-4-2)10-6-5-7-12-11-13(15(20)21)8-9-14(12)16(17,18)19;1-4-21-23(20,22-5-2)11-7-6-8-14-12-13(3)9-10-15(14)16(17,18)19;1-3-21-23(20,22-4-2)10-6-5-7-12-11-13(19)8-9-14(12)15(16,17)18;1-5-2-3-6(7(12)4-5)8(9,10)11;1-5-2-3-6(8(9,10)11)7(4-5)12(13)14;1-5-2-3-6(7(12)4-5)8(9,10)11;1-4-7-8-12(9,10-5-2)11-6-3;3-2(4,5)1-6;;/h8-9,11H,3-4,6,10H2,1-2H3,(H,20,21);9-10,12H,4-5,7,11H2,1-3H3;8-9,11H,3-4,6,10,19H2,1-2H3;2-4H,1H3;2-4H,1H3;2-4H,12H2,1H3;1H,5-8H2,2-3H3;1H;2*1H4. The number of nitro benzene ring substituents is 1. The number of alkyl halides is 21. The summed E-state index contributed by atoms with van der Waals surface area (Å²) in [5.74, 6) is 16.0. The second-order valence-corrected chi connectivity index (χ2v) is 34.6. The maximum absolute atomic E-state index is 13.0. The molecule has 0 heterocycles. The van der Waals surface area contributed by atoms with Gasteiger partial charge in [-0.3, -0.25) is 33.2 Å². The quantitative estimate of drug-likeness (QED) is 0.00664. The molecule has 0 unspecified atom stereocenters. The Balaban J connectivity index is -0.000000710. The van der Waals surface area contributed by atoms with Gasteiger partial charge in [-0.2, -0.15) is 92.2 Å². The van der Waals surface area contributed by atoms with E-state index in [4.69, 9.17) is 64.0 Å². The number of rotatable bonds is 26. The Kier molecular flexibility index (Phi) is 58.9. The molecule has 5 N–H and O–H groups in total. The van der Waals surface area contributed by atoms with Crippen molar-refractivity contribution in [1.82, 2.24) is 0 Å². The normalized spacial score (nSPS) is 11.5. The molecule has 0 saturated heterocycles. The smallest absolute Gasteiger partial charge is 0.446 e. The van der Waals surface area contributed by atoms with Crippen molar-refractivity contribution in [2.45, 2.75) is 167 Å². The van der Waals surface area contributed by atoms with E-state index in [2.05, 4.69) is 41.4 Å². The molecule has 129 heavy (non-hydrogen) atoms. The van der Waals surface area contributed by atoms with Gasteiger partial charge in [-0.1, -0.05) is 80.2 Å². The van der Waals surface area contributed by atoms with Gasteiger partial charge in [0.2, 0.25) is 6.29 Å². The van der Waals surface area contributed by atoms with E-state index < -0.39 is 135 Å². The zero-order chi connectivity index (χ0) is 98.4. The lowest BCUT2D eigenvalue weighted by Crippen LogP contribution is -2.09. The molecule has 0 aromatic heterocycles. The monoisotopic (exact) mass is 2060 g/mol. The van der Waals surface area contributed by atoms with Gasteiger partial charge in [-0.05, 0) is 201 Å². The number of aryl methyl sites for hydroxylation is 4. The van der Waals surface area contributed by atoms with Gasteiger partial charge in [0.15, 0.2) is 0 Å². The fourth-order valence-electron chi connectivity index (χ4n) is 9.26. The van der Waals surface area contributed by atoms with Crippen LogP contribution in [0.15, 0.2) is 109 Å². The summed E-state index contributed by atoms with van der Waals surface area (Å²) in [4.78, 5) is 28.9. The number of benzene rings is 6. The van der Waals surface area contributed by atoms with Crippen LogP contribution in [0.3, 0.4) is 0 Å². The number of anilines is 2. The molecule has 6 aromatic carbocycles. The maximum atomic E-state index is 13.0. The average Bonchev–Trinajstić information content (AvgIpc) is 0.827. The van der Waals surface area contributed by atoms with Crippen molar-refractivity contribution in [3.05, 3.63) is 201 Å². The minimum absolute atomic E-state index is 0. The number of carboxylic acids is 1. The molecule has 0 spiro atoms. The van der Waals surface area contributed by atoms with E-state index in [1.807, 2.05) is 0 Å². The van der Waals surface area contributed by atoms with Crippen LogP contribution in [0.4, 0.5) is 109 Å². The minimum atomic E-state index is -4.68. The summed E-state index contributed by atoms with van der Waals surface area (Å²) in [6.45, 7) is 22.3. The molecule has 0 amide bonds. The second kappa shape index (κ2) is 59.9. The molecule has 0 aliphatic carbocycles. The first-order valence-electron chi connectivity index (χ1n) is 37.1. The molecule has 0 aliphatic heterocycles. The highest BCUT2D eigenvalue weighted by atomic mass is 127. The zero-order valence-electron chi connectivity index (χ0n) is 70.0. The van der Waals surface area contributed by atoms with E-state index in [1.165, 1.54) is 61.5 Å². The minimum Gasteiger partial charge on any atom is -0.478 e. The van der Waals surface area contributed by atoms with Crippen LogP contribution in [-0.2, 0) is 96.3 Å².